The molecule has 4 rings (SSSR count). The molecule has 0 bridgehead atoms. The van der Waals surface area contributed by atoms with Crippen molar-refractivity contribution in [1.82, 2.24) is 31.0 Å². The summed E-state index contributed by atoms with van der Waals surface area (Å²) >= 11 is 7.24. The molecule has 2 aliphatic heterocycles. The van der Waals surface area contributed by atoms with Crippen molar-refractivity contribution in [3.05, 3.63) is 33.8 Å². The lowest BCUT2D eigenvalue weighted by Gasteiger charge is -2.41. The maximum Gasteiger partial charge on any atom is 0.350 e. The Bertz CT molecular complexity index is 1840. The number of nitrogens with one attached hydrogen (secondary N) is 4. The smallest absolute Gasteiger partial charge is 0.350 e. The van der Waals surface area contributed by atoms with Gasteiger partial charge in [0.15, 0.2) is 22.3 Å². The van der Waals surface area contributed by atoms with Gasteiger partial charge in [-0.25, -0.2) is 19.4 Å². The van der Waals surface area contributed by atoms with Gasteiger partial charge in [0.25, 0.3) is 11.7 Å². The summed E-state index contributed by atoms with van der Waals surface area (Å²) in [5.41, 5.74) is 4.29. The number of anilines is 1. The van der Waals surface area contributed by atoms with E-state index in [9.17, 15) is 54.0 Å². The summed E-state index contributed by atoms with van der Waals surface area (Å²) in [4.78, 5) is 95.9. The highest BCUT2D eigenvalue weighted by atomic mass is 35.5. The summed E-state index contributed by atoms with van der Waals surface area (Å²) in [6.45, 7) is 1.67. The first-order valence-electron chi connectivity index (χ1n) is 13.2. The maximum absolute atomic E-state index is 13.2. The lowest BCUT2D eigenvalue weighted by Crippen LogP contribution is -2.68. The molecular weight excluding hydrogens is 718 g/mol. The predicted octanol–water partition coefficient (Wildman–Crippen LogP) is -0.913. The standard InChI is InChI=1S/C25H24ClN9O12S2/c1-24(2,20(42)43)47-33-12(9-5-48-22(28)29-9)16(39)30-13-18(41)34-6-25(21(44)45,49-19(13)34)31-23(46)35(7-27)32-17(40)14(37)8-3-4-10(36)15(38)11(8)26/h3-5,7,13,19,27,36,38H,6H2,1-2H3,(H2,28,29)(H,30,39)(H,31,46)(H,32,40)(H,42,43)(H,44,45)/b27-7?,33-12-/t13?,19-,25-/m1/s1. The van der Waals surface area contributed by atoms with Crippen molar-refractivity contribution >= 4 is 93.4 Å². The number of rotatable bonds is 11. The van der Waals surface area contributed by atoms with Crippen LogP contribution in [0.4, 0.5) is 9.93 Å². The monoisotopic (exact) mass is 741 g/mol. The van der Waals surface area contributed by atoms with Crippen LogP contribution < -0.4 is 21.8 Å². The molecule has 3 atom stereocenters. The molecular formula is C25H24ClN9O12S2. The number of hydrogen-bond acceptors (Lipinski definition) is 16. The molecule has 3 heterocycles. The van der Waals surface area contributed by atoms with Crippen molar-refractivity contribution in [1.29, 1.82) is 5.41 Å². The van der Waals surface area contributed by atoms with Crippen LogP contribution in [0.2, 0.25) is 5.02 Å². The zero-order chi connectivity index (χ0) is 36.6. The molecule has 2 aromatic rings. The molecule has 260 valence electrons. The zero-order valence-corrected chi connectivity index (χ0v) is 27.2. The number of aromatic hydroxyl groups is 2. The van der Waals surface area contributed by atoms with Crippen LogP contribution in [0.1, 0.15) is 29.9 Å². The molecule has 2 aliphatic rings. The summed E-state index contributed by atoms with van der Waals surface area (Å²) in [5, 5.41) is 53.9. The van der Waals surface area contributed by atoms with E-state index in [0.29, 0.717) is 11.8 Å². The van der Waals surface area contributed by atoms with E-state index in [1.54, 1.807) is 5.43 Å². The topological polar surface area (TPSA) is 327 Å². The van der Waals surface area contributed by atoms with Gasteiger partial charge >= 0.3 is 23.9 Å². The normalized spacial score (nSPS) is 19.9. The number of ketones is 1. The number of phenols is 2. The Hall–Kier alpha value is -5.68. The Morgan fingerprint density at radius 1 is 1.22 bits per heavy atom. The SMILES string of the molecule is CC(C)(O/N=C(\C(=O)NC1C(=O)N2C[C@](NC(=O)N(C=N)NC(=O)C(=O)c3ccc(O)c(O)c3Cl)(C(=O)O)S[C@H]12)c1csc(N)n1)C(=O)O. The van der Waals surface area contributed by atoms with Crippen LogP contribution in [-0.4, -0.2) is 117 Å². The molecule has 0 aliphatic carbocycles. The second-order valence-electron chi connectivity index (χ2n) is 10.5. The number of nitrogen functional groups attached to an aromatic ring is 1. The van der Waals surface area contributed by atoms with E-state index in [1.165, 1.54) is 5.38 Å². The van der Waals surface area contributed by atoms with E-state index in [2.05, 4.69) is 20.8 Å². The van der Waals surface area contributed by atoms with Crippen molar-refractivity contribution in [3.63, 3.8) is 0 Å². The fraction of sp³-hybridized carbons (Fsp3) is 0.280. The quantitative estimate of drug-likeness (QED) is 0.0256. The Kier molecular flexibility index (Phi) is 9.92. The molecule has 49 heavy (non-hydrogen) atoms. The van der Waals surface area contributed by atoms with Crippen molar-refractivity contribution in [2.45, 2.75) is 35.7 Å². The van der Waals surface area contributed by atoms with Crippen LogP contribution in [-0.2, 0) is 28.8 Å². The van der Waals surface area contributed by atoms with Gasteiger partial charge in [0.05, 0.1) is 17.1 Å². The number of hydrazine groups is 1. The number of carboxylic acid groups (broad SMARTS) is 2. The van der Waals surface area contributed by atoms with E-state index in [4.69, 9.17) is 27.6 Å². The molecule has 5 amide bonds. The van der Waals surface area contributed by atoms with Gasteiger partial charge in [-0.2, -0.15) is 5.01 Å². The molecule has 1 aromatic carbocycles. The second kappa shape index (κ2) is 13.4. The number of amides is 5. The average Bonchev–Trinajstić information content (AvgIpc) is 3.63. The highest BCUT2D eigenvalue weighted by molar-refractivity contribution is 8.02. The van der Waals surface area contributed by atoms with Gasteiger partial charge in [0, 0.05) is 5.38 Å². The molecule has 24 heteroatoms. The fourth-order valence-corrected chi connectivity index (χ4v) is 6.37. The Morgan fingerprint density at radius 3 is 2.47 bits per heavy atom. The Morgan fingerprint density at radius 2 is 1.90 bits per heavy atom. The number of thioether (sulfide) groups is 1. The number of β-lactam (4-membered cyclic amide) rings is 1. The van der Waals surface area contributed by atoms with Crippen molar-refractivity contribution < 1.29 is 58.8 Å². The third-order valence-electron chi connectivity index (χ3n) is 6.77. The number of thiazole rings is 1. The molecule has 0 saturated carbocycles. The second-order valence-corrected chi connectivity index (χ2v) is 13.2. The van der Waals surface area contributed by atoms with Crippen molar-refractivity contribution in [2.24, 2.45) is 5.16 Å². The number of hydrogen-bond donors (Lipinski definition) is 9. The molecule has 21 nitrogen and oxygen atoms in total. The highest BCUT2D eigenvalue weighted by Gasteiger charge is 2.63. The van der Waals surface area contributed by atoms with Gasteiger partial charge in [-0.15, -0.1) is 11.3 Å². The van der Waals surface area contributed by atoms with Crippen LogP contribution in [0.3, 0.4) is 0 Å². The highest BCUT2D eigenvalue weighted by Crippen LogP contribution is 2.46. The number of aliphatic carboxylic acids is 2. The van der Waals surface area contributed by atoms with Gasteiger partial charge in [0.1, 0.15) is 23.4 Å². The minimum Gasteiger partial charge on any atom is -0.504 e. The number of Topliss-reactive ketones (excluding diaryl/α,β-unsaturated/α-hetero) is 1. The minimum absolute atomic E-state index is 0.0233. The number of nitrogens with two attached hydrogens (primary N) is 1. The first-order chi connectivity index (χ1) is 22.8. The number of phenolic OH excluding ortho intramolecular Hbond substituents is 2. The number of urea groups is 1. The van der Waals surface area contributed by atoms with E-state index >= 15 is 0 Å². The van der Waals surface area contributed by atoms with Gasteiger partial charge in [0.2, 0.25) is 16.4 Å². The molecule has 0 radical (unpaired) electrons. The van der Waals surface area contributed by atoms with E-state index in [1.807, 2.05) is 0 Å². The summed E-state index contributed by atoms with van der Waals surface area (Å²) in [7, 11) is 0. The molecule has 1 unspecified atom stereocenters. The third kappa shape index (κ3) is 6.97. The Labute approximate surface area is 286 Å². The number of halogens is 1. The number of fused-ring (bicyclic) bond motifs is 1. The summed E-state index contributed by atoms with van der Waals surface area (Å²) < 4.78 is 0. The van der Waals surface area contributed by atoms with Gasteiger partial charge < -0.3 is 46.5 Å². The van der Waals surface area contributed by atoms with Crippen LogP contribution in [0.5, 0.6) is 11.5 Å². The first-order valence-corrected chi connectivity index (χ1v) is 15.4. The van der Waals surface area contributed by atoms with Crippen LogP contribution >= 0.6 is 34.7 Å². The van der Waals surface area contributed by atoms with Crippen LogP contribution in [0.15, 0.2) is 22.7 Å². The predicted molar refractivity (Wildman–Crippen MR) is 168 cm³/mol. The van der Waals surface area contributed by atoms with Gasteiger partial charge in [-0.3, -0.25) is 30.0 Å². The van der Waals surface area contributed by atoms with Crippen LogP contribution in [0, 0.1) is 5.41 Å². The molecule has 10 N–H and O–H groups in total. The van der Waals surface area contributed by atoms with Crippen LogP contribution in [0.25, 0.3) is 0 Å². The number of nitrogens with zero attached hydrogens (tertiary/aromatic N) is 4. The van der Waals surface area contributed by atoms with E-state index < -0.39 is 97.7 Å². The average molecular weight is 742 g/mol. The summed E-state index contributed by atoms with van der Waals surface area (Å²) in [6, 6.07) is -1.04. The number of carbonyl (C=O) groups excluding carboxylic acids is 5. The summed E-state index contributed by atoms with van der Waals surface area (Å²) in [6.07, 6.45) is 0.231. The fourth-order valence-electron chi connectivity index (χ4n) is 4.08. The lowest BCUT2D eigenvalue weighted by atomic mass is 10.1. The van der Waals surface area contributed by atoms with Gasteiger partial charge in [-0.1, -0.05) is 28.5 Å². The number of aromatic nitrogens is 1. The molecule has 2 fully saturated rings. The molecule has 1 aromatic heterocycles. The maximum atomic E-state index is 13.2. The first kappa shape index (κ1) is 36.2. The number of carboxylic acids is 2. The van der Waals surface area contributed by atoms with E-state index in [-0.39, 0.29) is 22.2 Å². The number of benzene rings is 1. The third-order valence-corrected chi connectivity index (χ3v) is 9.41. The summed E-state index contributed by atoms with van der Waals surface area (Å²) in [5.74, 6) is -9.46. The van der Waals surface area contributed by atoms with Gasteiger partial charge in [-0.05, 0) is 26.0 Å². The minimum atomic E-state index is -2.30. The molecule has 0 spiro atoms. The zero-order valence-electron chi connectivity index (χ0n) is 24.8. The lowest BCUT2D eigenvalue weighted by molar-refractivity contribution is -0.161. The largest absolute Gasteiger partial charge is 0.504 e. The number of oxime groups is 1. The van der Waals surface area contributed by atoms with Crippen molar-refractivity contribution in [3.8, 4) is 11.5 Å². The Balaban J connectivity index is 1.48. The molecule has 2 saturated heterocycles. The van der Waals surface area contributed by atoms with Crippen molar-refractivity contribution in [2.75, 3.05) is 12.3 Å². The van der Waals surface area contributed by atoms with E-state index in [0.717, 1.165) is 42.2 Å². The number of carbonyl (C=O) groups is 7.